The summed E-state index contributed by atoms with van der Waals surface area (Å²) in [5.74, 6) is -2.00. The second-order valence-corrected chi connectivity index (χ2v) is 5.53. The van der Waals surface area contributed by atoms with E-state index in [2.05, 4.69) is 5.32 Å². The van der Waals surface area contributed by atoms with E-state index in [4.69, 9.17) is 28.8 Å². The molecule has 1 heterocycles. The van der Waals surface area contributed by atoms with E-state index in [9.17, 15) is 19.2 Å². The Balaban J connectivity index is 2.97. The first-order chi connectivity index (χ1) is 12.1. The number of hydrogen-bond donors (Lipinski definition) is 2. The van der Waals surface area contributed by atoms with Crippen molar-refractivity contribution in [3.63, 3.8) is 0 Å². The molecule has 2 N–H and O–H groups in total. The molecule has 0 bridgehead atoms. The van der Waals surface area contributed by atoms with Crippen molar-refractivity contribution in [2.75, 3.05) is 13.2 Å². The van der Waals surface area contributed by atoms with E-state index >= 15 is 0 Å². The fourth-order valence-electron chi connectivity index (χ4n) is 2.44. The Hall–Kier alpha value is -2.40. The van der Waals surface area contributed by atoms with Crippen LogP contribution in [0.2, 0.25) is 0 Å². The van der Waals surface area contributed by atoms with Gasteiger partial charge in [0.1, 0.15) is 0 Å². The van der Waals surface area contributed by atoms with Crippen LogP contribution in [0.1, 0.15) is 27.7 Å². The fourth-order valence-corrected chi connectivity index (χ4v) is 2.44. The van der Waals surface area contributed by atoms with Gasteiger partial charge in [-0.25, -0.2) is 4.79 Å². The van der Waals surface area contributed by atoms with Crippen LogP contribution in [0.3, 0.4) is 0 Å². The summed E-state index contributed by atoms with van der Waals surface area (Å²) in [6.07, 6.45) is -6.50. The van der Waals surface area contributed by atoms with Crippen LogP contribution < -0.4 is 5.32 Å². The normalized spacial score (nSPS) is 27.9. The lowest BCUT2D eigenvalue weighted by atomic mass is 9.99. The number of carbonyl (C=O) groups excluding carboxylic acids is 3. The Labute approximate surface area is 149 Å². The van der Waals surface area contributed by atoms with Crippen molar-refractivity contribution in [2.45, 2.75) is 58.4 Å². The molecule has 0 unspecified atom stereocenters. The summed E-state index contributed by atoms with van der Waals surface area (Å²) in [6, 6.07) is 0. The quantitative estimate of drug-likeness (QED) is 0.347. The van der Waals surface area contributed by atoms with Crippen LogP contribution in [0.15, 0.2) is 0 Å². The Morgan fingerprint density at radius 1 is 0.923 bits per heavy atom. The van der Waals surface area contributed by atoms with Gasteiger partial charge in [-0.2, -0.15) is 0 Å². The Morgan fingerprint density at radius 2 is 1.42 bits per heavy atom. The molecule has 1 amide bonds. The lowest BCUT2D eigenvalue weighted by Crippen LogP contribution is -2.61. The predicted octanol–water partition coefficient (Wildman–Crippen LogP) is -0.189. The molecule has 1 fully saturated rings. The van der Waals surface area contributed by atoms with Gasteiger partial charge in [-0.1, -0.05) is 0 Å². The summed E-state index contributed by atoms with van der Waals surface area (Å²) in [4.78, 5) is 44.7. The topological polar surface area (TPSA) is 147 Å². The molecule has 0 saturated carbocycles. The number of amides is 1. The third-order valence-corrected chi connectivity index (χ3v) is 3.29. The van der Waals surface area contributed by atoms with E-state index in [1.54, 1.807) is 6.92 Å². The van der Waals surface area contributed by atoms with Gasteiger partial charge in [0.15, 0.2) is 24.6 Å². The SMILES string of the molecule is CC(=O)O[C@H]1[C@H](OC(C)=O)[C@H](OCCNC(=O)O)O[C@@H](C)[C@H]1OC(C)=O. The second kappa shape index (κ2) is 9.92. The molecule has 5 atom stereocenters. The van der Waals surface area contributed by atoms with Gasteiger partial charge in [0, 0.05) is 27.3 Å². The number of rotatable bonds is 7. The van der Waals surface area contributed by atoms with Crippen molar-refractivity contribution < 1.29 is 48.0 Å². The molecule has 1 rings (SSSR count). The number of carboxylic acid groups (broad SMARTS) is 1. The third-order valence-electron chi connectivity index (χ3n) is 3.29. The Bertz CT molecular complexity index is 537. The van der Waals surface area contributed by atoms with Gasteiger partial charge in [-0.15, -0.1) is 0 Å². The van der Waals surface area contributed by atoms with Gasteiger partial charge < -0.3 is 34.1 Å². The van der Waals surface area contributed by atoms with Crippen LogP contribution in [0.4, 0.5) is 4.79 Å². The van der Waals surface area contributed by atoms with Crippen molar-refractivity contribution in [1.82, 2.24) is 5.32 Å². The summed E-state index contributed by atoms with van der Waals surface area (Å²) < 4.78 is 26.5. The largest absolute Gasteiger partial charge is 0.465 e. The van der Waals surface area contributed by atoms with Crippen LogP contribution in [-0.2, 0) is 38.1 Å². The maximum atomic E-state index is 11.5. The molecule has 1 saturated heterocycles. The first-order valence-electron chi connectivity index (χ1n) is 7.87. The number of nitrogens with one attached hydrogen (secondary N) is 1. The van der Waals surface area contributed by atoms with Crippen LogP contribution in [0, 0.1) is 0 Å². The molecule has 0 aromatic carbocycles. The minimum Gasteiger partial charge on any atom is -0.465 e. The van der Waals surface area contributed by atoms with Crippen LogP contribution in [0.5, 0.6) is 0 Å². The fraction of sp³-hybridized carbons (Fsp3) is 0.733. The van der Waals surface area contributed by atoms with Crippen molar-refractivity contribution >= 4 is 24.0 Å². The molecule has 11 heteroatoms. The summed E-state index contributed by atoms with van der Waals surface area (Å²) >= 11 is 0. The summed E-state index contributed by atoms with van der Waals surface area (Å²) in [5, 5.41) is 10.7. The van der Waals surface area contributed by atoms with Gasteiger partial charge >= 0.3 is 24.0 Å². The average molecular weight is 377 g/mol. The van der Waals surface area contributed by atoms with E-state index in [1.807, 2.05) is 0 Å². The summed E-state index contributed by atoms with van der Waals surface area (Å²) in [7, 11) is 0. The van der Waals surface area contributed by atoms with Gasteiger partial charge in [-0.05, 0) is 6.92 Å². The second-order valence-electron chi connectivity index (χ2n) is 5.53. The zero-order chi connectivity index (χ0) is 19.9. The highest BCUT2D eigenvalue weighted by Crippen LogP contribution is 2.29. The molecular weight excluding hydrogens is 354 g/mol. The molecule has 26 heavy (non-hydrogen) atoms. The molecule has 1 aliphatic rings. The van der Waals surface area contributed by atoms with Crippen molar-refractivity contribution in [3.05, 3.63) is 0 Å². The minimum absolute atomic E-state index is 0.0397. The summed E-state index contributed by atoms with van der Waals surface area (Å²) in [6.45, 7) is 4.92. The molecule has 0 aliphatic carbocycles. The van der Waals surface area contributed by atoms with E-state index in [1.165, 1.54) is 6.92 Å². The summed E-state index contributed by atoms with van der Waals surface area (Å²) in [5.41, 5.74) is 0. The van der Waals surface area contributed by atoms with Crippen LogP contribution in [0.25, 0.3) is 0 Å². The lowest BCUT2D eigenvalue weighted by molar-refractivity contribution is -0.300. The first kappa shape index (κ1) is 21.6. The smallest absolute Gasteiger partial charge is 0.404 e. The highest BCUT2D eigenvalue weighted by Gasteiger charge is 2.50. The zero-order valence-electron chi connectivity index (χ0n) is 14.9. The van der Waals surface area contributed by atoms with Crippen LogP contribution in [-0.4, -0.2) is 73.0 Å². The molecule has 0 spiro atoms. The lowest BCUT2D eigenvalue weighted by Gasteiger charge is -2.43. The van der Waals surface area contributed by atoms with Crippen LogP contribution >= 0.6 is 0 Å². The Kier molecular flexibility index (Phi) is 8.26. The molecule has 1 aliphatic heterocycles. The maximum absolute atomic E-state index is 11.5. The number of ether oxygens (including phenoxy) is 5. The predicted molar refractivity (Wildman–Crippen MR) is 83.0 cm³/mol. The van der Waals surface area contributed by atoms with E-state index < -0.39 is 54.7 Å². The molecule has 148 valence electrons. The van der Waals surface area contributed by atoms with Crippen molar-refractivity contribution in [3.8, 4) is 0 Å². The number of hydrogen-bond acceptors (Lipinski definition) is 9. The highest BCUT2D eigenvalue weighted by molar-refractivity contribution is 5.68. The Morgan fingerprint density at radius 3 is 1.92 bits per heavy atom. The minimum atomic E-state index is -1.23. The maximum Gasteiger partial charge on any atom is 0.404 e. The monoisotopic (exact) mass is 377 g/mol. The molecule has 0 aromatic rings. The van der Waals surface area contributed by atoms with Crippen molar-refractivity contribution in [2.24, 2.45) is 0 Å². The number of esters is 3. The highest BCUT2D eigenvalue weighted by atomic mass is 16.7. The van der Waals surface area contributed by atoms with Crippen molar-refractivity contribution in [1.29, 1.82) is 0 Å². The van der Waals surface area contributed by atoms with Gasteiger partial charge in [0.25, 0.3) is 0 Å². The van der Waals surface area contributed by atoms with E-state index in [0.717, 1.165) is 13.8 Å². The number of carbonyl (C=O) groups is 4. The van der Waals surface area contributed by atoms with Gasteiger partial charge in [0.05, 0.1) is 12.7 Å². The van der Waals surface area contributed by atoms with E-state index in [0.29, 0.717) is 0 Å². The molecule has 0 aromatic heterocycles. The standard InChI is InChI=1S/C15H23NO10/c1-7-11(24-8(2)17)12(25-9(3)18)13(26-10(4)19)14(23-7)22-6-5-16-15(20)21/h7,11-14,16H,5-6H2,1-4H3,(H,20,21)/t7-,11+,12+,13-,14+/m0/s1. The first-order valence-corrected chi connectivity index (χ1v) is 7.87. The molecule has 11 nitrogen and oxygen atoms in total. The zero-order valence-corrected chi connectivity index (χ0v) is 14.9. The third kappa shape index (κ3) is 6.84. The van der Waals surface area contributed by atoms with Gasteiger partial charge in [-0.3, -0.25) is 14.4 Å². The molecular formula is C15H23NO10. The molecule has 0 radical (unpaired) electrons. The average Bonchev–Trinajstić information content (AvgIpc) is 2.49. The van der Waals surface area contributed by atoms with Gasteiger partial charge in [0.2, 0.25) is 0 Å². The van der Waals surface area contributed by atoms with E-state index in [-0.39, 0.29) is 13.2 Å².